The molecular weight excluding hydrogens is 239 g/mol. The molecule has 4 nitrogen and oxygen atoms in total. The van der Waals surface area contributed by atoms with Crippen molar-refractivity contribution >= 4 is 5.97 Å². The van der Waals surface area contributed by atoms with Crippen LogP contribution < -0.4 is 4.74 Å². The van der Waals surface area contributed by atoms with Gasteiger partial charge in [0.25, 0.3) is 0 Å². The highest BCUT2D eigenvalue weighted by molar-refractivity contribution is 5.73. The van der Waals surface area contributed by atoms with Gasteiger partial charge < -0.3 is 9.47 Å². The molecule has 0 unspecified atom stereocenters. The first-order chi connectivity index (χ1) is 7.90. The van der Waals surface area contributed by atoms with Crippen molar-refractivity contribution in [2.45, 2.75) is 12.6 Å². The Labute approximate surface area is 95.4 Å². The van der Waals surface area contributed by atoms with Crippen LogP contribution in [0.25, 0.3) is 0 Å². The summed E-state index contributed by atoms with van der Waals surface area (Å²) < 4.78 is 47.3. The van der Waals surface area contributed by atoms with Gasteiger partial charge in [-0.05, 0) is 5.56 Å². The van der Waals surface area contributed by atoms with E-state index in [1.54, 1.807) is 0 Å². The number of nitrogens with zero attached hydrogens (tertiary/aromatic N) is 1. The van der Waals surface area contributed by atoms with Gasteiger partial charge in [0.1, 0.15) is 11.3 Å². The number of carbonyl (C=O) groups is 1. The average molecular weight is 249 g/mol. The Morgan fingerprint density at radius 2 is 2.00 bits per heavy atom. The third-order valence-corrected chi connectivity index (χ3v) is 2.06. The third-order valence-electron chi connectivity index (χ3n) is 2.06. The minimum Gasteiger partial charge on any atom is -0.494 e. The number of rotatable bonds is 3. The van der Waals surface area contributed by atoms with Gasteiger partial charge in [0, 0.05) is 6.20 Å². The molecule has 0 bridgehead atoms. The van der Waals surface area contributed by atoms with E-state index in [0.29, 0.717) is 0 Å². The van der Waals surface area contributed by atoms with Crippen LogP contribution in [0.1, 0.15) is 11.1 Å². The normalized spacial score (nSPS) is 11.1. The molecule has 0 spiro atoms. The van der Waals surface area contributed by atoms with E-state index >= 15 is 0 Å². The van der Waals surface area contributed by atoms with Gasteiger partial charge in [-0.25, -0.2) is 0 Å². The molecule has 0 saturated carbocycles. The Morgan fingerprint density at radius 1 is 1.35 bits per heavy atom. The summed E-state index contributed by atoms with van der Waals surface area (Å²) in [6, 6.07) is 0. The summed E-state index contributed by atoms with van der Waals surface area (Å²) >= 11 is 0. The van der Waals surface area contributed by atoms with E-state index in [-0.39, 0.29) is 5.56 Å². The van der Waals surface area contributed by atoms with Crippen molar-refractivity contribution in [1.82, 2.24) is 4.98 Å². The summed E-state index contributed by atoms with van der Waals surface area (Å²) in [4.78, 5) is 14.6. The molecule has 0 radical (unpaired) electrons. The summed E-state index contributed by atoms with van der Waals surface area (Å²) in [6.07, 6.45) is -3.20. The first-order valence-electron chi connectivity index (χ1n) is 4.55. The minimum absolute atomic E-state index is 0.274. The Hall–Kier alpha value is -1.79. The molecule has 0 aromatic carbocycles. The van der Waals surface area contributed by atoms with Crippen molar-refractivity contribution in [2.75, 3.05) is 14.2 Å². The van der Waals surface area contributed by atoms with E-state index < -0.39 is 29.9 Å². The van der Waals surface area contributed by atoms with Gasteiger partial charge in [-0.2, -0.15) is 13.2 Å². The van der Waals surface area contributed by atoms with Gasteiger partial charge in [-0.1, -0.05) is 0 Å². The molecule has 0 N–H and O–H groups in total. The lowest BCUT2D eigenvalue weighted by atomic mass is 10.1. The molecule has 1 aromatic heterocycles. The van der Waals surface area contributed by atoms with Gasteiger partial charge in [-0.15, -0.1) is 0 Å². The molecule has 7 heteroatoms. The van der Waals surface area contributed by atoms with Gasteiger partial charge in [0.05, 0.1) is 26.8 Å². The molecule has 17 heavy (non-hydrogen) atoms. The molecule has 0 aliphatic carbocycles. The maximum atomic E-state index is 12.8. The quantitative estimate of drug-likeness (QED) is 0.767. The van der Waals surface area contributed by atoms with Crippen molar-refractivity contribution in [3.63, 3.8) is 0 Å². The largest absolute Gasteiger partial charge is 0.494 e. The maximum Gasteiger partial charge on any atom is 0.420 e. The highest BCUT2D eigenvalue weighted by atomic mass is 19.4. The van der Waals surface area contributed by atoms with E-state index in [0.717, 1.165) is 26.6 Å². The van der Waals surface area contributed by atoms with Crippen LogP contribution in [0.4, 0.5) is 13.2 Å². The number of ether oxygens (including phenoxy) is 2. The number of hydrogen-bond acceptors (Lipinski definition) is 4. The van der Waals surface area contributed by atoms with Crippen LogP contribution >= 0.6 is 0 Å². The SMILES string of the molecule is COC(=O)Cc1cncc(OC)c1C(F)(F)F. The summed E-state index contributed by atoms with van der Waals surface area (Å²) in [5.74, 6) is -1.19. The molecule has 0 saturated heterocycles. The number of hydrogen-bond donors (Lipinski definition) is 0. The lowest BCUT2D eigenvalue weighted by Crippen LogP contribution is -2.15. The number of aromatic nitrogens is 1. The molecule has 1 rings (SSSR count). The number of pyridine rings is 1. The van der Waals surface area contributed by atoms with E-state index in [1.165, 1.54) is 0 Å². The monoisotopic (exact) mass is 249 g/mol. The Bertz CT molecular complexity index is 418. The summed E-state index contributed by atoms with van der Waals surface area (Å²) in [6.45, 7) is 0. The van der Waals surface area contributed by atoms with Gasteiger partial charge in [0.2, 0.25) is 0 Å². The second-order valence-electron chi connectivity index (χ2n) is 3.13. The number of alkyl halides is 3. The first-order valence-corrected chi connectivity index (χ1v) is 4.55. The van der Waals surface area contributed by atoms with Crippen molar-refractivity contribution < 1.29 is 27.4 Å². The summed E-state index contributed by atoms with van der Waals surface area (Å²) in [7, 11) is 2.21. The predicted molar refractivity (Wildman–Crippen MR) is 51.5 cm³/mol. The molecule has 0 aliphatic rings. The standard InChI is InChI=1S/C10H10F3NO3/c1-16-7-5-14-4-6(3-8(15)17-2)9(7)10(11,12)13/h4-5H,3H2,1-2H3. The zero-order chi connectivity index (χ0) is 13.1. The van der Waals surface area contributed by atoms with Crippen molar-refractivity contribution in [3.05, 3.63) is 23.5 Å². The van der Waals surface area contributed by atoms with Crippen LogP contribution in [0.15, 0.2) is 12.4 Å². The fraction of sp³-hybridized carbons (Fsp3) is 0.400. The summed E-state index contributed by atoms with van der Waals surface area (Å²) in [5, 5.41) is 0. The van der Waals surface area contributed by atoms with Gasteiger partial charge >= 0.3 is 12.1 Å². The second kappa shape index (κ2) is 5.03. The topological polar surface area (TPSA) is 48.4 Å². The highest BCUT2D eigenvalue weighted by Crippen LogP contribution is 2.38. The third kappa shape index (κ3) is 3.08. The van der Waals surface area contributed by atoms with Crippen LogP contribution in [0.3, 0.4) is 0 Å². The average Bonchev–Trinajstić information content (AvgIpc) is 2.26. The second-order valence-corrected chi connectivity index (χ2v) is 3.13. The molecule has 0 aliphatic heterocycles. The highest BCUT2D eigenvalue weighted by Gasteiger charge is 2.37. The Balaban J connectivity index is 3.25. The molecule has 0 atom stereocenters. The van der Waals surface area contributed by atoms with Crippen LogP contribution in [0, 0.1) is 0 Å². The Kier molecular flexibility index (Phi) is 3.93. The molecular formula is C10H10F3NO3. The number of carbonyl (C=O) groups excluding carboxylic acids is 1. The molecule has 1 aromatic rings. The van der Waals surface area contributed by atoms with Crippen molar-refractivity contribution in [2.24, 2.45) is 0 Å². The van der Waals surface area contributed by atoms with Crippen LogP contribution in [0.5, 0.6) is 5.75 Å². The minimum atomic E-state index is -4.61. The van der Waals surface area contributed by atoms with E-state index in [4.69, 9.17) is 0 Å². The number of methoxy groups -OCH3 is 2. The van der Waals surface area contributed by atoms with Crippen molar-refractivity contribution in [3.8, 4) is 5.75 Å². The van der Waals surface area contributed by atoms with E-state index in [9.17, 15) is 18.0 Å². The predicted octanol–water partition coefficient (Wildman–Crippen LogP) is 1.82. The van der Waals surface area contributed by atoms with Crippen LogP contribution in [-0.4, -0.2) is 25.2 Å². The van der Waals surface area contributed by atoms with Crippen LogP contribution in [-0.2, 0) is 22.1 Å². The smallest absolute Gasteiger partial charge is 0.420 e. The van der Waals surface area contributed by atoms with E-state index in [2.05, 4.69) is 14.5 Å². The number of halogens is 3. The van der Waals surface area contributed by atoms with E-state index in [1.807, 2.05) is 0 Å². The molecule has 94 valence electrons. The fourth-order valence-electron chi connectivity index (χ4n) is 1.32. The lowest BCUT2D eigenvalue weighted by molar-refractivity contribution is -0.142. The van der Waals surface area contributed by atoms with Gasteiger partial charge in [0.15, 0.2) is 0 Å². The Morgan fingerprint density at radius 3 is 2.47 bits per heavy atom. The zero-order valence-electron chi connectivity index (χ0n) is 9.17. The van der Waals surface area contributed by atoms with Crippen LogP contribution in [0.2, 0.25) is 0 Å². The first kappa shape index (κ1) is 13.3. The zero-order valence-corrected chi connectivity index (χ0v) is 9.17. The fourth-order valence-corrected chi connectivity index (χ4v) is 1.32. The molecule has 1 heterocycles. The van der Waals surface area contributed by atoms with Gasteiger partial charge in [-0.3, -0.25) is 9.78 Å². The van der Waals surface area contributed by atoms with Crippen molar-refractivity contribution in [1.29, 1.82) is 0 Å². The molecule has 0 fully saturated rings. The summed E-state index contributed by atoms with van der Waals surface area (Å²) in [5.41, 5.74) is -1.27. The lowest BCUT2D eigenvalue weighted by Gasteiger charge is -2.15. The number of esters is 1. The molecule has 0 amide bonds. The maximum absolute atomic E-state index is 12.8.